The maximum absolute atomic E-state index is 10.9. The van der Waals surface area contributed by atoms with Crippen molar-refractivity contribution in [2.75, 3.05) is 0 Å². The van der Waals surface area contributed by atoms with Crippen LogP contribution in [0.5, 0.6) is 11.5 Å². The van der Waals surface area contributed by atoms with Crippen LogP contribution in [-0.4, -0.2) is 31.3 Å². The number of phenolic OH excluding ortho intramolecular Hbond substituents is 2. The van der Waals surface area contributed by atoms with Crippen molar-refractivity contribution in [3.8, 4) is 22.9 Å². The third kappa shape index (κ3) is 2.25. The Morgan fingerprint density at radius 1 is 1.22 bits per heavy atom. The summed E-state index contributed by atoms with van der Waals surface area (Å²) in [4.78, 5) is 18.7. The highest BCUT2D eigenvalue weighted by Gasteiger charge is 2.13. The highest BCUT2D eigenvalue weighted by Crippen LogP contribution is 2.29. The summed E-state index contributed by atoms with van der Waals surface area (Å²) < 4.78 is 0.266. The lowest BCUT2D eigenvalue weighted by atomic mass is 10.2. The van der Waals surface area contributed by atoms with Crippen LogP contribution in [0.3, 0.4) is 0 Å². The minimum Gasteiger partial charge on any atom is -0.504 e. The van der Waals surface area contributed by atoms with E-state index in [2.05, 4.69) is 25.9 Å². The number of carboxylic acids is 1. The second kappa shape index (κ2) is 4.61. The standard InChI is InChI=1S/C11H7BrN2O4/c12-6-4-13-10(14-9(6)11(17)18)5-1-2-7(15)8(16)3-5/h1-4,15-16H,(H,17,18). The third-order valence-electron chi connectivity index (χ3n) is 2.18. The molecule has 7 heteroatoms. The molecule has 0 atom stereocenters. The second-order valence-corrected chi connectivity index (χ2v) is 4.25. The molecule has 92 valence electrons. The molecular weight excluding hydrogens is 304 g/mol. The molecule has 0 aliphatic carbocycles. The van der Waals surface area contributed by atoms with Crippen molar-refractivity contribution >= 4 is 21.9 Å². The molecule has 2 rings (SSSR count). The van der Waals surface area contributed by atoms with Gasteiger partial charge in [0, 0.05) is 11.8 Å². The molecule has 2 aromatic rings. The Kier molecular flexibility index (Phi) is 3.15. The number of nitrogens with zero attached hydrogens (tertiary/aromatic N) is 2. The quantitative estimate of drug-likeness (QED) is 0.733. The Morgan fingerprint density at radius 2 is 1.94 bits per heavy atom. The number of hydrogen-bond donors (Lipinski definition) is 3. The SMILES string of the molecule is O=C(O)c1nc(-c2ccc(O)c(O)c2)ncc1Br. The molecule has 0 fully saturated rings. The number of aromatic nitrogens is 2. The topological polar surface area (TPSA) is 104 Å². The maximum atomic E-state index is 10.9. The first-order valence-corrected chi connectivity index (χ1v) is 5.56. The number of carbonyl (C=O) groups is 1. The summed E-state index contributed by atoms with van der Waals surface area (Å²) in [5.74, 6) is -1.63. The number of aromatic hydroxyl groups is 2. The molecule has 1 heterocycles. The van der Waals surface area contributed by atoms with E-state index in [-0.39, 0.29) is 27.5 Å². The number of carboxylic acid groups (broad SMARTS) is 1. The van der Waals surface area contributed by atoms with Crippen LogP contribution in [0.25, 0.3) is 11.4 Å². The van der Waals surface area contributed by atoms with Crippen molar-refractivity contribution in [1.82, 2.24) is 9.97 Å². The average Bonchev–Trinajstić information content (AvgIpc) is 2.33. The molecule has 0 amide bonds. The van der Waals surface area contributed by atoms with Gasteiger partial charge in [0.15, 0.2) is 23.0 Å². The number of rotatable bonds is 2. The minimum atomic E-state index is -1.19. The highest BCUT2D eigenvalue weighted by atomic mass is 79.9. The molecule has 1 aromatic heterocycles. The number of halogens is 1. The molecule has 0 saturated carbocycles. The summed E-state index contributed by atoms with van der Waals surface area (Å²) in [5, 5.41) is 27.5. The zero-order valence-electron chi connectivity index (χ0n) is 8.83. The predicted octanol–water partition coefficient (Wildman–Crippen LogP) is 2.02. The van der Waals surface area contributed by atoms with Crippen molar-refractivity contribution in [1.29, 1.82) is 0 Å². The Morgan fingerprint density at radius 3 is 2.56 bits per heavy atom. The van der Waals surface area contributed by atoms with Crippen LogP contribution in [0.1, 0.15) is 10.5 Å². The molecule has 3 N–H and O–H groups in total. The highest BCUT2D eigenvalue weighted by molar-refractivity contribution is 9.10. The first kappa shape index (κ1) is 12.3. The summed E-state index contributed by atoms with van der Waals surface area (Å²) in [6.45, 7) is 0. The van der Waals surface area contributed by atoms with E-state index in [0.717, 1.165) is 0 Å². The van der Waals surface area contributed by atoms with Gasteiger partial charge in [0.05, 0.1) is 4.47 Å². The van der Waals surface area contributed by atoms with Crippen molar-refractivity contribution in [3.05, 3.63) is 34.6 Å². The molecule has 0 radical (unpaired) electrons. The minimum absolute atomic E-state index is 0.144. The Labute approximate surface area is 110 Å². The molecule has 18 heavy (non-hydrogen) atoms. The summed E-state index contributed by atoms with van der Waals surface area (Å²) in [6, 6.07) is 4.00. The zero-order valence-corrected chi connectivity index (χ0v) is 10.4. The van der Waals surface area contributed by atoms with Crippen LogP contribution in [-0.2, 0) is 0 Å². The summed E-state index contributed by atoms with van der Waals surface area (Å²) >= 11 is 3.03. The summed E-state index contributed by atoms with van der Waals surface area (Å²) in [5.41, 5.74) is 0.230. The van der Waals surface area contributed by atoms with E-state index in [9.17, 15) is 15.0 Å². The lowest BCUT2D eigenvalue weighted by Crippen LogP contribution is -2.04. The Balaban J connectivity index is 2.54. The molecule has 1 aromatic carbocycles. The van der Waals surface area contributed by atoms with Gasteiger partial charge in [0.2, 0.25) is 0 Å². The fraction of sp³-hybridized carbons (Fsp3) is 0. The molecular formula is C11H7BrN2O4. The van der Waals surface area contributed by atoms with Gasteiger partial charge in [0.1, 0.15) is 0 Å². The number of hydrogen-bond acceptors (Lipinski definition) is 5. The van der Waals surface area contributed by atoms with E-state index in [1.165, 1.54) is 24.4 Å². The van der Waals surface area contributed by atoms with Crippen LogP contribution in [0.15, 0.2) is 28.9 Å². The van der Waals surface area contributed by atoms with Gasteiger partial charge in [-0.25, -0.2) is 14.8 Å². The number of phenols is 2. The first-order chi connectivity index (χ1) is 8.49. The van der Waals surface area contributed by atoms with E-state index in [1.807, 2.05) is 0 Å². The van der Waals surface area contributed by atoms with Gasteiger partial charge >= 0.3 is 5.97 Å². The largest absolute Gasteiger partial charge is 0.504 e. The maximum Gasteiger partial charge on any atom is 0.355 e. The predicted molar refractivity (Wildman–Crippen MR) is 65.5 cm³/mol. The fourth-order valence-electron chi connectivity index (χ4n) is 1.32. The molecule has 6 nitrogen and oxygen atoms in total. The Bertz CT molecular complexity index is 630. The molecule has 0 unspecified atom stereocenters. The van der Waals surface area contributed by atoms with Gasteiger partial charge < -0.3 is 15.3 Å². The van der Waals surface area contributed by atoms with E-state index >= 15 is 0 Å². The lowest BCUT2D eigenvalue weighted by molar-refractivity contribution is 0.0689. The normalized spacial score (nSPS) is 10.3. The van der Waals surface area contributed by atoms with E-state index in [4.69, 9.17) is 5.11 Å². The van der Waals surface area contributed by atoms with Crippen LogP contribution in [0.4, 0.5) is 0 Å². The third-order valence-corrected chi connectivity index (χ3v) is 2.76. The van der Waals surface area contributed by atoms with Crippen molar-refractivity contribution in [2.24, 2.45) is 0 Å². The van der Waals surface area contributed by atoms with Gasteiger partial charge in [-0.15, -0.1) is 0 Å². The van der Waals surface area contributed by atoms with Crippen molar-refractivity contribution < 1.29 is 20.1 Å². The van der Waals surface area contributed by atoms with Crippen molar-refractivity contribution in [2.45, 2.75) is 0 Å². The number of benzene rings is 1. The van der Waals surface area contributed by atoms with Crippen LogP contribution in [0, 0.1) is 0 Å². The smallest absolute Gasteiger partial charge is 0.355 e. The molecule has 0 bridgehead atoms. The molecule has 0 aliphatic rings. The summed E-state index contributed by atoms with van der Waals surface area (Å²) in [6.07, 6.45) is 1.32. The monoisotopic (exact) mass is 310 g/mol. The van der Waals surface area contributed by atoms with Crippen LogP contribution in [0.2, 0.25) is 0 Å². The second-order valence-electron chi connectivity index (χ2n) is 3.40. The van der Waals surface area contributed by atoms with Crippen LogP contribution >= 0.6 is 15.9 Å². The fourth-order valence-corrected chi connectivity index (χ4v) is 1.68. The summed E-state index contributed by atoms with van der Waals surface area (Å²) in [7, 11) is 0. The first-order valence-electron chi connectivity index (χ1n) is 4.77. The Hall–Kier alpha value is -2.15. The zero-order chi connectivity index (χ0) is 13.3. The lowest BCUT2D eigenvalue weighted by Gasteiger charge is -2.04. The van der Waals surface area contributed by atoms with Crippen LogP contribution < -0.4 is 0 Å². The van der Waals surface area contributed by atoms with Gasteiger partial charge in [0.25, 0.3) is 0 Å². The van der Waals surface area contributed by atoms with E-state index in [0.29, 0.717) is 5.56 Å². The van der Waals surface area contributed by atoms with E-state index < -0.39 is 5.97 Å². The molecule has 0 saturated heterocycles. The van der Waals surface area contributed by atoms with Gasteiger partial charge in [-0.3, -0.25) is 0 Å². The van der Waals surface area contributed by atoms with Crippen molar-refractivity contribution in [3.63, 3.8) is 0 Å². The molecule has 0 spiro atoms. The van der Waals surface area contributed by atoms with E-state index in [1.54, 1.807) is 0 Å². The molecule has 0 aliphatic heterocycles. The van der Waals surface area contributed by atoms with Gasteiger partial charge in [-0.2, -0.15) is 0 Å². The average molecular weight is 311 g/mol. The van der Waals surface area contributed by atoms with Gasteiger partial charge in [-0.05, 0) is 34.1 Å². The van der Waals surface area contributed by atoms with Gasteiger partial charge in [-0.1, -0.05) is 0 Å². The number of aromatic carboxylic acids is 1.